The Morgan fingerprint density at radius 1 is 1.50 bits per heavy atom. The van der Waals surface area contributed by atoms with E-state index in [1.54, 1.807) is 0 Å². The average Bonchev–Trinajstić information content (AvgIpc) is 2.11. The Labute approximate surface area is 103 Å². The first-order valence-corrected chi connectivity index (χ1v) is 6.89. The second kappa shape index (κ2) is 4.96. The molecule has 94 valence electrons. The molecule has 4 heteroatoms. The zero-order valence-electron chi connectivity index (χ0n) is 10.9. The van der Waals surface area contributed by atoms with Crippen molar-refractivity contribution in [1.82, 2.24) is 4.90 Å². The third kappa shape index (κ3) is 4.74. The van der Waals surface area contributed by atoms with Crippen molar-refractivity contribution in [2.75, 3.05) is 18.8 Å². The molecule has 16 heavy (non-hydrogen) atoms. The van der Waals surface area contributed by atoms with Crippen LogP contribution in [0.1, 0.15) is 40.5 Å². The maximum atomic E-state index is 12.0. The number of thioether (sulfide) groups is 1. The van der Waals surface area contributed by atoms with Crippen molar-refractivity contribution in [3.05, 3.63) is 0 Å². The van der Waals surface area contributed by atoms with Gasteiger partial charge in [-0.05, 0) is 34.1 Å². The highest BCUT2D eigenvalue weighted by Gasteiger charge is 2.29. The second-order valence-corrected chi connectivity index (χ2v) is 7.71. The van der Waals surface area contributed by atoms with Crippen molar-refractivity contribution in [3.8, 4) is 0 Å². The molecule has 0 aromatic carbocycles. The van der Waals surface area contributed by atoms with Crippen LogP contribution >= 0.6 is 11.8 Å². The minimum atomic E-state index is -0.240. The quantitative estimate of drug-likeness (QED) is 0.824. The Morgan fingerprint density at radius 2 is 2.12 bits per heavy atom. The highest BCUT2D eigenvalue weighted by atomic mass is 32.2. The molecule has 0 radical (unpaired) electrons. The molecule has 1 aliphatic rings. The molecule has 1 amide bonds. The molecule has 0 bridgehead atoms. The molecule has 0 aromatic rings. The summed E-state index contributed by atoms with van der Waals surface area (Å²) in [6.45, 7) is 10.1. The van der Waals surface area contributed by atoms with E-state index in [2.05, 4.69) is 13.8 Å². The van der Waals surface area contributed by atoms with Gasteiger partial charge in [-0.1, -0.05) is 0 Å². The lowest BCUT2D eigenvalue weighted by atomic mass is 9.99. The van der Waals surface area contributed by atoms with Gasteiger partial charge in [0.25, 0.3) is 0 Å². The van der Waals surface area contributed by atoms with E-state index in [0.717, 1.165) is 25.3 Å². The molecule has 2 N–H and O–H groups in total. The smallest absolute Gasteiger partial charge is 0.222 e. The zero-order valence-corrected chi connectivity index (χ0v) is 11.7. The van der Waals surface area contributed by atoms with Crippen molar-refractivity contribution in [2.45, 2.75) is 50.8 Å². The van der Waals surface area contributed by atoms with Crippen LogP contribution in [0.5, 0.6) is 0 Å². The lowest BCUT2D eigenvalue weighted by Gasteiger charge is -2.38. The number of carbonyl (C=O) groups excluding carboxylic acids is 1. The summed E-state index contributed by atoms with van der Waals surface area (Å²) in [5.41, 5.74) is 5.65. The summed E-state index contributed by atoms with van der Waals surface area (Å²) in [6.07, 6.45) is 1.33. The normalized spacial score (nSPS) is 20.9. The van der Waals surface area contributed by atoms with E-state index in [-0.39, 0.29) is 16.2 Å². The number of carbonyl (C=O) groups is 1. The zero-order chi connectivity index (χ0) is 12.4. The molecule has 1 aliphatic heterocycles. The minimum absolute atomic E-state index is 0.201. The van der Waals surface area contributed by atoms with E-state index in [0.29, 0.717) is 6.42 Å². The molecule has 0 atom stereocenters. The van der Waals surface area contributed by atoms with Gasteiger partial charge in [0, 0.05) is 35.5 Å². The van der Waals surface area contributed by atoms with Gasteiger partial charge in [-0.3, -0.25) is 4.79 Å². The van der Waals surface area contributed by atoms with E-state index in [1.807, 2.05) is 30.5 Å². The van der Waals surface area contributed by atoms with Gasteiger partial charge in [-0.15, -0.1) is 0 Å². The number of amides is 1. The first-order chi connectivity index (χ1) is 7.20. The van der Waals surface area contributed by atoms with Crippen LogP contribution in [-0.4, -0.2) is 39.9 Å². The highest BCUT2D eigenvalue weighted by molar-refractivity contribution is 8.00. The summed E-state index contributed by atoms with van der Waals surface area (Å²) in [6, 6.07) is 0. The second-order valence-electron chi connectivity index (χ2n) is 5.91. The Morgan fingerprint density at radius 3 is 2.62 bits per heavy atom. The molecule has 0 saturated carbocycles. The molecule has 1 heterocycles. The van der Waals surface area contributed by atoms with Crippen molar-refractivity contribution < 1.29 is 4.79 Å². The fraction of sp³-hybridized carbons (Fsp3) is 0.917. The topological polar surface area (TPSA) is 46.3 Å². The fourth-order valence-corrected chi connectivity index (χ4v) is 2.93. The van der Waals surface area contributed by atoms with E-state index in [9.17, 15) is 4.79 Å². The largest absolute Gasteiger partial charge is 0.341 e. The van der Waals surface area contributed by atoms with Crippen molar-refractivity contribution in [3.63, 3.8) is 0 Å². The average molecular weight is 244 g/mol. The van der Waals surface area contributed by atoms with Gasteiger partial charge < -0.3 is 10.6 Å². The first-order valence-electron chi connectivity index (χ1n) is 5.90. The van der Waals surface area contributed by atoms with Gasteiger partial charge in [0.2, 0.25) is 5.91 Å². The SMILES string of the molecule is CC(C)(N)CCC(=O)N1CCSC(C)(C)C1. The van der Waals surface area contributed by atoms with Gasteiger partial charge >= 0.3 is 0 Å². The molecule has 1 fully saturated rings. The predicted octanol–water partition coefficient (Wildman–Crippen LogP) is 1.86. The maximum Gasteiger partial charge on any atom is 0.222 e. The molecule has 1 saturated heterocycles. The van der Waals surface area contributed by atoms with Gasteiger partial charge in [-0.25, -0.2) is 0 Å². The lowest BCUT2D eigenvalue weighted by Crippen LogP contribution is -2.46. The van der Waals surface area contributed by atoms with E-state index < -0.39 is 0 Å². The third-order valence-corrected chi connectivity index (χ3v) is 4.06. The van der Waals surface area contributed by atoms with Crippen LogP contribution in [0.3, 0.4) is 0 Å². The maximum absolute atomic E-state index is 12.0. The minimum Gasteiger partial charge on any atom is -0.341 e. The summed E-state index contributed by atoms with van der Waals surface area (Å²) in [7, 11) is 0. The molecular formula is C12H24N2OS. The van der Waals surface area contributed by atoms with Crippen LogP contribution in [0.2, 0.25) is 0 Å². The van der Waals surface area contributed by atoms with Crippen molar-refractivity contribution >= 4 is 17.7 Å². The molecule has 0 spiro atoms. The van der Waals surface area contributed by atoms with Crippen molar-refractivity contribution in [2.24, 2.45) is 5.73 Å². The number of nitrogens with zero attached hydrogens (tertiary/aromatic N) is 1. The van der Waals surface area contributed by atoms with E-state index in [1.165, 1.54) is 0 Å². The van der Waals surface area contributed by atoms with Crippen LogP contribution in [-0.2, 0) is 4.79 Å². The third-order valence-electron chi connectivity index (χ3n) is 2.76. The van der Waals surface area contributed by atoms with Crippen LogP contribution < -0.4 is 5.73 Å². The van der Waals surface area contributed by atoms with Gasteiger partial charge in [0.1, 0.15) is 0 Å². The number of nitrogens with two attached hydrogens (primary N) is 1. The molecule has 0 aromatic heterocycles. The molecule has 0 aliphatic carbocycles. The summed E-state index contributed by atoms with van der Waals surface area (Å²) >= 11 is 1.95. The predicted molar refractivity (Wildman–Crippen MR) is 70.6 cm³/mol. The summed E-state index contributed by atoms with van der Waals surface area (Å²) in [5, 5.41) is 0. The van der Waals surface area contributed by atoms with Crippen LogP contribution in [0.25, 0.3) is 0 Å². The highest BCUT2D eigenvalue weighted by Crippen LogP contribution is 2.29. The van der Waals surface area contributed by atoms with Gasteiger partial charge in [-0.2, -0.15) is 11.8 Å². The van der Waals surface area contributed by atoms with E-state index >= 15 is 0 Å². The molecule has 0 unspecified atom stereocenters. The van der Waals surface area contributed by atoms with Crippen molar-refractivity contribution in [1.29, 1.82) is 0 Å². The summed E-state index contributed by atoms with van der Waals surface area (Å²) in [5.74, 6) is 1.30. The standard InChI is InChI=1S/C12H24N2OS/c1-11(2,13)6-5-10(15)14-7-8-16-12(3,4)9-14/h5-9,13H2,1-4H3. The fourth-order valence-electron chi connectivity index (χ4n) is 1.82. The van der Waals surface area contributed by atoms with E-state index in [4.69, 9.17) is 5.73 Å². The van der Waals surface area contributed by atoms with Crippen LogP contribution in [0.15, 0.2) is 0 Å². The van der Waals surface area contributed by atoms with Gasteiger partial charge in [0.15, 0.2) is 0 Å². The molecule has 3 nitrogen and oxygen atoms in total. The summed E-state index contributed by atoms with van der Waals surface area (Å²) < 4.78 is 0.201. The first kappa shape index (κ1) is 13.8. The van der Waals surface area contributed by atoms with Crippen LogP contribution in [0.4, 0.5) is 0 Å². The summed E-state index contributed by atoms with van der Waals surface area (Å²) in [4.78, 5) is 14.0. The Bertz CT molecular complexity index is 258. The van der Waals surface area contributed by atoms with Crippen LogP contribution in [0, 0.1) is 0 Å². The Kier molecular flexibility index (Phi) is 4.29. The number of hydrogen-bond acceptors (Lipinski definition) is 3. The Hall–Kier alpha value is -0.220. The Balaban J connectivity index is 2.42. The molecular weight excluding hydrogens is 220 g/mol. The monoisotopic (exact) mass is 244 g/mol. The number of hydrogen-bond donors (Lipinski definition) is 1. The lowest BCUT2D eigenvalue weighted by molar-refractivity contribution is -0.131. The number of rotatable bonds is 3. The van der Waals surface area contributed by atoms with Gasteiger partial charge in [0.05, 0.1) is 0 Å². The molecule has 1 rings (SSSR count).